The second-order valence-electron chi connectivity index (χ2n) is 4.38. The number of hydrogen-bond donors (Lipinski definition) is 1. The molecule has 0 saturated carbocycles. The van der Waals surface area contributed by atoms with Crippen molar-refractivity contribution in [3.05, 3.63) is 29.8 Å². The molecular formula is C14H21NO3. The van der Waals surface area contributed by atoms with Gasteiger partial charge in [0.1, 0.15) is 11.9 Å². The Bertz CT molecular complexity index is 349. The summed E-state index contributed by atoms with van der Waals surface area (Å²) in [5.74, 6) is 0.877. The second-order valence-corrected chi connectivity index (χ2v) is 4.38. The van der Waals surface area contributed by atoms with Crippen LogP contribution < -0.4 is 10.1 Å². The Balaban J connectivity index is 1.93. The van der Waals surface area contributed by atoms with Gasteiger partial charge in [0.15, 0.2) is 0 Å². The fraction of sp³-hybridized carbons (Fsp3) is 0.571. The lowest BCUT2D eigenvalue weighted by atomic mass is 10.1. The molecule has 1 heterocycles. The van der Waals surface area contributed by atoms with Crippen molar-refractivity contribution in [3.8, 4) is 5.75 Å². The molecule has 1 aliphatic rings. The van der Waals surface area contributed by atoms with Crippen LogP contribution in [0.5, 0.6) is 5.75 Å². The lowest BCUT2D eigenvalue weighted by molar-refractivity contribution is -0.133. The summed E-state index contributed by atoms with van der Waals surface area (Å²) in [6.45, 7) is 5.14. The van der Waals surface area contributed by atoms with E-state index in [-0.39, 0.29) is 12.1 Å². The zero-order valence-corrected chi connectivity index (χ0v) is 11.0. The van der Waals surface area contributed by atoms with Crippen LogP contribution in [-0.2, 0) is 9.47 Å². The van der Waals surface area contributed by atoms with Crippen LogP contribution in [0.1, 0.15) is 18.5 Å². The van der Waals surface area contributed by atoms with E-state index in [1.54, 1.807) is 7.11 Å². The van der Waals surface area contributed by atoms with Crippen LogP contribution in [-0.4, -0.2) is 39.6 Å². The first kappa shape index (κ1) is 13.3. The Morgan fingerprint density at radius 2 is 2.06 bits per heavy atom. The van der Waals surface area contributed by atoms with Crippen LogP contribution in [0.3, 0.4) is 0 Å². The largest absolute Gasteiger partial charge is 0.497 e. The molecule has 0 aromatic heterocycles. The van der Waals surface area contributed by atoms with Gasteiger partial charge in [-0.05, 0) is 24.2 Å². The van der Waals surface area contributed by atoms with Crippen molar-refractivity contribution in [2.24, 2.45) is 0 Å². The summed E-state index contributed by atoms with van der Waals surface area (Å²) >= 11 is 0. The molecule has 18 heavy (non-hydrogen) atoms. The molecule has 4 heteroatoms. The standard InChI is InChI=1S/C14H21NO3/c1-3-15-14(10-18-13-8-17-9-13)11-4-6-12(16-2)7-5-11/h4-7,13-15H,3,8-10H2,1-2H3. The zero-order valence-electron chi connectivity index (χ0n) is 11.0. The maximum Gasteiger partial charge on any atom is 0.118 e. The Morgan fingerprint density at radius 3 is 2.56 bits per heavy atom. The number of ether oxygens (including phenoxy) is 3. The SMILES string of the molecule is CCNC(COC1COC1)c1ccc(OC)cc1. The predicted octanol–water partition coefficient (Wildman–Crippen LogP) is 1.76. The van der Waals surface area contributed by atoms with E-state index in [0.29, 0.717) is 6.61 Å². The Morgan fingerprint density at radius 1 is 1.33 bits per heavy atom. The van der Waals surface area contributed by atoms with Crippen LogP contribution in [0.25, 0.3) is 0 Å². The third kappa shape index (κ3) is 3.45. The summed E-state index contributed by atoms with van der Waals surface area (Å²) in [5, 5.41) is 3.43. The molecule has 4 nitrogen and oxygen atoms in total. The molecule has 0 radical (unpaired) electrons. The smallest absolute Gasteiger partial charge is 0.118 e. The number of benzene rings is 1. The van der Waals surface area contributed by atoms with E-state index in [0.717, 1.165) is 25.5 Å². The highest BCUT2D eigenvalue weighted by Gasteiger charge is 2.21. The monoisotopic (exact) mass is 251 g/mol. The van der Waals surface area contributed by atoms with Gasteiger partial charge in [-0.1, -0.05) is 19.1 Å². The highest BCUT2D eigenvalue weighted by Crippen LogP contribution is 2.19. The molecule has 1 aliphatic heterocycles. The number of nitrogens with one attached hydrogen (secondary N) is 1. The molecule has 1 aromatic carbocycles. The lowest BCUT2D eigenvalue weighted by Gasteiger charge is -2.28. The van der Waals surface area contributed by atoms with E-state index in [1.807, 2.05) is 12.1 Å². The average Bonchev–Trinajstić information content (AvgIpc) is 2.36. The fourth-order valence-electron chi connectivity index (χ4n) is 1.90. The number of rotatable bonds is 7. The first-order valence-corrected chi connectivity index (χ1v) is 6.40. The van der Waals surface area contributed by atoms with Crippen molar-refractivity contribution >= 4 is 0 Å². The molecule has 1 fully saturated rings. The molecule has 0 aliphatic carbocycles. The van der Waals surface area contributed by atoms with Gasteiger partial charge in [0, 0.05) is 0 Å². The summed E-state index contributed by atoms with van der Waals surface area (Å²) in [7, 11) is 1.68. The molecule has 1 saturated heterocycles. The third-order valence-electron chi connectivity index (χ3n) is 3.07. The molecule has 1 unspecified atom stereocenters. The molecule has 100 valence electrons. The van der Waals surface area contributed by atoms with Crippen molar-refractivity contribution in [2.45, 2.75) is 19.1 Å². The average molecular weight is 251 g/mol. The second kappa shape index (κ2) is 6.73. The summed E-state index contributed by atoms with van der Waals surface area (Å²) in [4.78, 5) is 0. The Labute approximate surface area is 108 Å². The van der Waals surface area contributed by atoms with Crippen LogP contribution >= 0.6 is 0 Å². The Hall–Kier alpha value is -1.10. The number of likely N-dealkylation sites (N-methyl/N-ethyl adjacent to an activating group) is 1. The van der Waals surface area contributed by atoms with Gasteiger partial charge in [0.05, 0.1) is 33.0 Å². The molecule has 0 spiro atoms. The van der Waals surface area contributed by atoms with Crippen molar-refractivity contribution in [3.63, 3.8) is 0 Å². The minimum atomic E-state index is 0.224. The predicted molar refractivity (Wildman–Crippen MR) is 70.0 cm³/mol. The van der Waals surface area contributed by atoms with Crippen LogP contribution in [0.2, 0.25) is 0 Å². The molecule has 1 atom stereocenters. The van der Waals surface area contributed by atoms with Gasteiger partial charge in [-0.25, -0.2) is 0 Å². The van der Waals surface area contributed by atoms with E-state index in [1.165, 1.54) is 5.56 Å². The fourth-order valence-corrected chi connectivity index (χ4v) is 1.90. The summed E-state index contributed by atoms with van der Waals surface area (Å²) in [6.07, 6.45) is 0.268. The molecular weight excluding hydrogens is 230 g/mol. The summed E-state index contributed by atoms with van der Waals surface area (Å²) < 4.78 is 16.1. The van der Waals surface area contributed by atoms with E-state index < -0.39 is 0 Å². The maximum absolute atomic E-state index is 5.78. The van der Waals surface area contributed by atoms with Gasteiger partial charge < -0.3 is 19.5 Å². The minimum Gasteiger partial charge on any atom is -0.497 e. The number of methoxy groups -OCH3 is 1. The van der Waals surface area contributed by atoms with Crippen molar-refractivity contribution in [1.29, 1.82) is 0 Å². The lowest BCUT2D eigenvalue weighted by Crippen LogP contribution is -2.38. The topological polar surface area (TPSA) is 39.7 Å². The maximum atomic E-state index is 5.78. The first-order valence-electron chi connectivity index (χ1n) is 6.40. The molecule has 2 rings (SSSR count). The highest BCUT2D eigenvalue weighted by atomic mass is 16.6. The highest BCUT2D eigenvalue weighted by molar-refractivity contribution is 5.29. The van der Waals surface area contributed by atoms with Gasteiger partial charge in [0.25, 0.3) is 0 Å². The molecule has 1 aromatic rings. The van der Waals surface area contributed by atoms with Gasteiger partial charge in [0.2, 0.25) is 0 Å². The summed E-state index contributed by atoms with van der Waals surface area (Å²) in [6, 6.07) is 8.33. The van der Waals surface area contributed by atoms with Crippen molar-refractivity contribution < 1.29 is 14.2 Å². The first-order chi connectivity index (χ1) is 8.83. The van der Waals surface area contributed by atoms with Gasteiger partial charge >= 0.3 is 0 Å². The minimum absolute atomic E-state index is 0.224. The van der Waals surface area contributed by atoms with Crippen LogP contribution in [0, 0.1) is 0 Å². The van der Waals surface area contributed by atoms with Gasteiger partial charge in [-0.15, -0.1) is 0 Å². The van der Waals surface area contributed by atoms with Crippen LogP contribution in [0.15, 0.2) is 24.3 Å². The quantitative estimate of drug-likeness (QED) is 0.801. The van der Waals surface area contributed by atoms with E-state index in [9.17, 15) is 0 Å². The van der Waals surface area contributed by atoms with Crippen LogP contribution in [0.4, 0.5) is 0 Å². The Kier molecular flexibility index (Phi) is 4.99. The zero-order chi connectivity index (χ0) is 12.8. The normalized spacial score (nSPS) is 17.2. The van der Waals surface area contributed by atoms with Crippen molar-refractivity contribution in [2.75, 3.05) is 33.5 Å². The van der Waals surface area contributed by atoms with E-state index >= 15 is 0 Å². The molecule has 0 amide bonds. The molecule has 1 N–H and O–H groups in total. The van der Waals surface area contributed by atoms with Crippen molar-refractivity contribution in [1.82, 2.24) is 5.32 Å². The van der Waals surface area contributed by atoms with Gasteiger partial charge in [-0.3, -0.25) is 0 Å². The summed E-state index contributed by atoms with van der Waals surface area (Å²) in [5.41, 5.74) is 1.22. The van der Waals surface area contributed by atoms with E-state index in [2.05, 4.69) is 24.4 Å². The number of hydrogen-bond acceptors (Lipinski definition) is 4. The van der Waals surface area contributed by atoms with Gasteiger partial charge in [-0.2, -0.15) is 0 Å². The van der Waals surface area contributed by atoms with E-state index in [4.69, 9.17) is 14.2 Å². The molecule has 0 bridgehead atoms. The third-order valence-corrected chi connectivity index (χ3v) is 3.07.